The van der Waals surface area contributed by atoms with Crippen LogP contribution in [0.1, 0.15) is 18.4 Å². The molecule has 0 aliphatic carbocycles. The van der Waals surface area contributed by atoms with Crippen molar-refractivity contribution >= 4 is 11.6 Å². The molecule has 20 heavy (non-hydrogen) atoms. The Balaban J connectivity index is 2.28. The van der Waals surface area contributed by atoms with Crippen LogP contribution in [0.25, 0.3) is 0 Å². The number of nitrogens with two attached hydrogens (primary N) is 1. The van der Waals surface area contributed by atoms with Crippen molar-refractivity contribution < 1.29 is 17.9 Å². The monoisotopic (exact) mass is 309 g/mol. The van der Waals surface area contributed by atoms with E-state index in [-0.39, 0.29) is 12.5 Å². The minimum Gasteiger partial charge on any atom is -0.372 e. The van der Waals surface area contributed by atoms with Gasteiger partial charge in [0.05, 0.1) is 0 Å². The molecule has 0 saturated carbocycles. The maximum absolute atomic E-state index is 11.9. The summed E-state index contributed by atoms with van der Waals surface area (Å²) in [7, 11) is 0. The third kappa shape index (κ3) is 7.12. The summed E-state index contributed by atoms with van der Waals surface area (Å²) in [5, 5.41) is 0.694. The summed E-state index contributed by atoms with van der Waals surface area (Å²) in [5.41, 5.74) is 6.71. The zero-order valence-corrected chi connectivity index (χ0v) is 11.9. The van der Waals surface area contributed by atoms with Gasteiger partial charge in [-0.2, -0.15) is 13.2 Å². The molecule has 0 heterocycles. The van der Waals surface area contributed by atoms with Crippen molar-refractivity contribution in [3.05, 3.63) is 34.9 Å². The van der Waals surface area contributed by atoms with Gasteiger partial charge in [0.1, 0.15) is 6.61 Å². The number of hydrogen-bond acceptors (Lipinski definition) is 2. The van der Waals surface area contributed by atoms with Gasteiger partial charge in [-0.1, -0.05) is 29.8 Å². The fourth-order valence-corrected chi connectivity index (χ4v) is 2.15. The van der Waals surface area contributed by atoms with Gasteiger partial charge in [0, 0.05) is 11.6 Å². The van der Waals surface area contributed by atoms with Crippen molar-refractivity contribution in [1.29, 1.82) is 0 Å². The summed E-state index contributed by atoms with van der Waals surface area (Å²) in [5.74, 6) is 0.199. The summed E-state index contributed by atoms with van der Waals surface area (Å²) in [4.78, 5) is 0. The second-order valence-corrected chi connectivity index (χ2v) is 5.11. The largest absolute Gasteiger partial charge is 0.411 e. The molecule has 0 amide bonds. The van der Waals surface area contributed by atoms with E-state index in [1.54, 1.807) is 0 Å². The van der Waals surface area contributed by atoms with Crippen molar-refractivity contribution in [2.45, 2.75) is 25.4 Å². The predicted octanol–water partition coefficient (Wildman–Crippen LogP) is 3.82. The van der Waals surface area contributed by atoms with Crippen LogP contribution in [-0.2, 0) is 11.2 Å². The Bertz CT molecular complexity index is 398. The molecule has 1 rings (SSSR count). The van der Waals surface area contributed by atoms with Gasteiger partial charge in [-0.05, 0) is 43.4 Å². The van der Waals surface area contributed by atoms with Gasteiger partial charge >= 0.3 is 6.18 Å². The van der Waals surface area contributed by atoms with E-state index in [1.165, 1.54) is 0 Å². The first-order chi connectivity index (χ1) is 9.42. The van der Waals surface area contributed by atoms with Gasteiger partial charge < -0.3 is 10.5 Å². The average Bonchev–Trinajstić information content (AvgIpc) is 2.38. The molecule has 2 N–H and O–H groups in total. The molecule has 0 aliphatic rings. The number of ether oxygens (including phenoxy) is 1. The average molecular weight is 310 g/mol. The summed E-state index contributed by atoms with van der Waals surface area (Å²) in [6.07, 6.45) is -2.25. The van der Waals surface area contributed by atoms with Crippen LogP contribution < -0.4 is 5.73 Å². The highest BCUT2D eigenvalue weighted by atomic mass is 35.5. The minimum absolute atomic E-state index is 0.0958. The number of rotatable bonds is 8. The topological polar surface area (TPSA) is 35.2 Å². The van der Waals surface area contributed by atoms with E-state index in [1.807, 2.05) is 24.3 Å². The zero-order valence-electron chi connectivity index (χ0n) is 11.1. The lowest BCUT2D eigenvalue weighted by Gasteiger charge is -2.16. The Kier molecular flexibility index (Phi) is 7.34. The first kappa shape index (κ1) is 17.3. The van der Waals surface area contributed by atoms with Crippen molar-refractivity contribution in [3.8, 4) is 0 Å². The highest BCUT2D eigenvalue weighted by Gasteiger charge is 2.27. The van der Waals surface area contributed by atoms with Gasteiger partial charge in [-0.25, -0.2) is 0 Å². The van der Waals surface area contributed by atoms with E-state index in [0.717, 1.165) is 18.4 Å². The first-order valence-corrected chi connectivity index (χ1v) is 6.88. The Morgan fingerprint density at radius 2 is 1.95 bits per heavy atom. The Morgan fingerprint density at radius 1 is 1.25 bits per heavy atom. The third-order valence-electron chi connectivity index (χ3n) is 2.97. The molecular formula is C14H19ClF3NO. The molecule has 2 nitrogen and oxygen atoms in total. The molecule has 1 atom stereocenters. The summed E-state index contributed by atoms with van der Waals surface area (Å²) in [6.45, 7) is -0.617. The zero-order chi connectivity index (χ0) is 15.0. The van der Waals surface area contributed by atoms with Crippen LogP contribution in [0.4, 0.5) is 13.2 Å². The van der Waals surface area contributed by atoms with Crippen LogP contribution in [0.3, 0.4) is 0 Å². The lowest BCUT2D eigenvalue weighted by atomic mass is 9.95. The molecule has 114 valence electrons. The van der Waals surface area contributed by atoms with Crippen molar-refractivity contribution in [1.82, 2.24) is 0 Å². The van der Waals surface area contributed by atoms with E-state index >= 15 is 0 Å². The van der Waals surface area contributed by atoms with E-state index in [0.29, 0.717) is 18.0 Å². The Labute approximate surface area is 122 Å². The second kappa shape index (κ2) is 8.49. The molecule has 0 aromatic heterocycles. The number of halogens is 4. The quantitative estimate of drug-likeness (QED) is 0.741. The molecule has 0 radical (unpaired) electrons. The first-order valence-electron chi connectivity index (χ1n) is 6.50. The van der Waals surface area contributed by atoms with Crippen molar-refractivity contribution in [3.63, 3.8) is 0 Å². The molecule has 6 heteroatoms. The third-order valence-corrected chi connectivity index (χ3v) is 3.34. The lowest BCUT2D eigenvalue weighted by molar-refractivity contribution is -0.174. The number of alkyl halides is 3. The SMILES string of the molecule is NCC(CCCOCC(F)(F)F)Cc1ccccc1Cl. The molecule has 0 aliphatic heterocycles. The lowest BCUT2D eigenvalue weighted by Crippen LogP contribution is -2.20. The van der Waals surface area contributed by atoms with Crippen LogP contribution in [0.5, 0.6) is 0 Å². The summed E-state index contributed by atoms with van der Waals surface area (Å²) in [6, 6.07) is 7.51. The van der Waals surface area contributed by atoms with Crippen LogP contribution in [0, 0.1) is 5.92 Å². The molecule has 1 aromatic rings. The van der Waals surface area contributed by atoms with Gasteiger partial charge in [-0.15, -0.1) is 0 Å². The Morgan fingerprint density at radius 3 is 2.55 bits per heavy atom. The standard InChI is InChI=1S/C14H19ClF3NO/c15-13-6-2-1-5-12(13)8-11(9-19)4-3-7-20-10-14(16,17)18/h1-2,5-6,11H,3-4,7-10,19H2. The van der Waals surface area contributed by atoms with E-state index in [2.05, 4.69) is 4.74 Å². The molecule has 0 fully saturated rings. The normalized spacial score (nSPS) is 13.4. The van der Waals surface area contributed by atoms with Gasteiger partial charge in [0.25, 0.3) is 0 Å². The smallest absolute Gasteiger partial charge is 0.372 e. The predicted molar refractivity (Wildman–Crippen MR) is 73.8 cm³/mol. The van der Waals surface area contributed by atoms with Crippen LogP contribution in [0.15, 0.2) is 24.3 Å². The van der Waals surface area contributed by atoms with E-state index < -0.39 is 12.8 Å². The van der Waals surface area contributed by atoms with Gasteiger partial charge in [0.2, 0.25) is 0 Å². The Hall–Kier alpha value is -0.780. The van der Waals surface area contributed by atoms with Crippen molar-refractivity contribution in [2.75, 3.05) is 19.8 Å². The van der Waals surface area contributed by atoms with Gasteiger partial charge in [0.15, 0.2) is 0 Å². The summed E-state index contributed by atoms with van der Waals surface area (Å²) < 4.78 is 40.2. The molecule has 0 saturated heterocycles. The van der Waals surface area contributed by atoms with Crippen molar-refractivity contribution in [2.24, 2.45) is 11.7 Å². The molecule has 0 spiro atoms. The molecule has 1 aromatic carbocycles. The maximum Gasteiger partial charge on any atom is 0.411 e. The highest BCUT2D eigenvalue weighted by Crippen LogP contribution is 2.21. The van der Waals surface area contributed by atoms with Crippen LogP contribution in [-0.4, -0.2) is 25.9 Å². The minimum atomic E-state index is -4.26. The summed E-state index contributed by atoms with van der Waals surface area (Å²) >= 11 is 6.07. The number of benzene rings is 1. The fourth-order valence-electron chi connectivity index (χ4n) is 1.94. The molecule has 1 unspecified atom stereocenters. The maximum atomic E-state index is 11.9. The molecular weight excluding hydrogens is 291 g/mol. The second-order valence-electron chi connectivity index (χ2n) is 4.71. The van der Waals surface area contributed by atoms with Crippen LogP contribution >= 0.6 is 11.6 Å². The highest BCUT2D eigenvalue weighted by molar-refractivity contribution is 6.31. The van der Waals surface area contributed by atoms with Crippen LogP contribution in [0.2, 0.25) is 5.02 Å². The fraction of sp³-hybridized carbons (Fsp3) is 0.571. The van der Waals surface area contributed by atoms with Gasteiger partial charge in [-0.3, -0.25) is 0 Å². The van der Waals surface area contributed by atoms with E-state index in [4.69, 9.17) is 17.3 Å². The van der Waals surface area contributed by atoms with E-state index in [9.17, 15) is 13.2 Å². The number of hydrogen-bond donors (Lipinski definition) is 1. The molecule has 0 bridgehead atoms.